The lowest BCUT2D eigenvalue weighted by atomic mass is 10.1. The molecule has 0 atom stereocenters. The number of sulfonamides is 1. The van der Waals surface area contributed by atoms with Crippen LogP contribution < -0.4 is 14.5 Å². The van der Waals surface area contributed by atoms with Crippen LogP contribution in [0.2, 0.25) is 0 Å². The summed E-state index contributed by atoms with van der Waals surface area (Å²) < 4.78 is 26.3. The Bertz CT molecular complexity index is 1220. The van der Waals surface area contributed by atoms with Crippen LogP contribution in [0.15, 0.2) is 66.7 Å². The molecule has 0 radical (unpaired) electrons. The van der Waals surface area contributed by atoms with Crippen LogP contribution in [0.3, 0.4) is 0 Å². The van der Waals surface area contributed by atoms with Crippen molar-refractivity contribution in [3.05, 3.63) is 94.5 Å². The Kier molecular flexibility index (Phi) is 7.43. The summed E-state index contributed by atoms with van der Waals surface area (Å²) in [6.07, 6.45) is 1.20. The predicted molar refractivity (Wildman–Crippen MR) is 135 cm³/mol. The number of benzene rings is 3. The van der Waals surface area contributed by atoms with Crippen LogP contribution in [0.5, 0.6) is 0 Å². The topological polar surface area (TPSA) is 69.7 Å². The Morgan fingerprint density at radius 1 is 0.818 bits per heavy atom. The smallest absolute Gasteiger partial charge is 0.251 e. The second-order valence-corrected chi connectivity index (χ2v) is 10.4. The van der Waals surface area contributed by atoms with Gasteiger partial charge in [-0.1, -0.05) is 30.3 Å². The average Bonchev–Trinajstić information content (AvgIpc) is 2.77. The molecule has 3 rings (SSSR count). The highest BCUT2D eigenvalue weighted by molar-refractivity contribution is 7.92. The molecule has 33 heavy (non-hydrogen) atoms. The molecule has 1 amide bonds. The maximum atomic E-state index is 12.6. The minimum atomic E-state index is -3.47. The molecule has 0 bridgehead atoms. The van der Waals surface area contributed by atoms with E-state index in [1.807, 2.05) is 75.3 Å². The van der Waals surface area contributed by atoms with Crippen LogP contribution in [-0.2, 0) is 23.1 Å². The number of hydrogen-bond acceptors (Lipinski definition) is 4. The molecule has 1 N–H and O–H groups in total. The first-order valence-corrected chi connectivity index (χ1v) is 12.6. The molecule has 0 unspecified atom stereocenters. The maximum Gasteiger partial charge on any atom is 0.251 e. The molecule has 0 aromatic heterocycles. The number of amides is 1. The zero-order chi connectivity index (χ0) is 24.2. The van der Waals surface area contributed by atoms with Gasteiger partial charge < -0.3 is 10.2 Å². The van der Waals surface area contributed by atoms with Gasteiger partial charge in [0.25, 0.3) is 5.91 Å². The Morgan fingerprint density at radius 3 is 1.94 bits per heavy atom. The van der Waals surface area contributed by atoms with E-state index in [0.717, 1.165) is 27.9 Å². The minimum absolute atomic E-state index is 0.174. The molecule has 0 aliphatic rings. The van der Waals surface area contributed by atoms with E-state index in [9.17, 15) is 13.2 Å². The first-order chi connectivity index (χ1) is 15.5. The molecule has 7 heteroatoms. The number of aryl methyl sites for hydroxylation is 2. The van der Waals surface area contributed by atoms with Crippen molar-refractivity contribution in [2.45, 2.75) is 26.9 Å². The molecule has 3 aromatic rings. The van der Waals surface area contributed by atoms with Gasteiger partial charge in [0.1, 0.15) is 0 Å². The van der Waals surface area contributed by atoms with Gasteiger partial charge in [-0.3, -0.25) is 9.10 Å². The molecule has 0 aliphatic heterocycles. The molecule has 6 nitrogen and oxygen atoms in total. The van der Waals surface area contributed by atoms with Gasteiger partial charge >= 0.3 is 0 Å². The highest BCUT2D eigenvalue weighted by atomic mass is 32.2. The van der Waals surface area contributed by atoms with Crippen LogP contribution in [-0.4, -0.2) is 34.7 Å². The van der Waals surface area contributed by atoms with Gasteiger partial charge in [-0.05, 0) is 72.5 Å². The summed E-state index contributed by atoms with van der Waals surface area (Å²) in [7, 11) is 0.498. The predicted octanol–water partition coefficient (Wildman–Crippen LogP) is 4.27. The van der Waals surface area contributed by atoms with Crippen molar-refractivity contribution in [1.82, 2.24) is 5.32 Å². The van der Waals surface area contributed by atoms with Crippen molar-refractivity contribution in [1.29, 1.82) is 0 Å². The van der Waals surface area contributed by atoms with E-state index in [4.69, 9.17) is 0 Å². The third-order valence-corrected chi connectivity index (χ3v) is 6.77. The van der Waals surface area contributed by atoms with E-state index in [2.05, 4.69) is 5.32 Å². The summed E-state index contributed by atoms with van der Waals surface area (Å²) in [5.41, 5.74) is 6.21. The summed E-state index contributed by atoms with van der Waals surface area (Å²) in [6, 6.07) is 20.7. The summed E-state index contributed by atoms with van der Waals surface area (Å²) in [6.45, 7) is 4.58. The second kappa shape index (κ2) is 10.1. The van der Waals surface area contributed by atoms with Crippen molar-refractivity contribution in [3.8, 4) is 0 Å². The Balaban J connectivity index is 1.67. The molecular formula is C26H31N3O3S. The molecule has 0 fully saturated rings. The van der Waals surface area contributed by atoms with Crippen LogP contribution in [0.1, 0.15) is 32.6 Å². The molecular weight excluding hydrogens is 434 g/mol. The molecule has 0 saturated heterocycles. The van der Waals surface area contributed by atoms with Gasteiger partial charge in [-0.15, -0.1) is 0 Å². The minimum Gasteiger partial charge on any atom is -0.378 e. The lowest BCUT2D eigenvalue weighted by molar-refractivity contribution is 0.0951. The Hall–Kier alpha value is -3.32. The number of carbonyl (C=O) groups excluding carboxylic acids is 1. The van der Waals surface area contributed by atoms with Crippen LogP contribution >= 0.6 is 0 Å². The number of nitrogens with one attached hydrogen (secondary N) is 1. The summed E-state index contributed by atoms with van der Waals surface area (Å²) in [4.78, 5) is 14.6. The van der Waals surface area contributed by atoms with E-state index < -0.39 is 10.0 Å². The largest absolute Gasteiger partial charge is 0.378 e. The van der Waals surface area contributed by atoms with Crippen molar-refractivity contribution >= 4 is 27.3 Å². The quantitative estimate of drug-likeness (QED) is 0.540. The van der Waals surface area contributed by atoms with Crippen LogP contribution in [0.4, 0.5) is 11.4 Å². The van der Waals surface area contributed by atoms with Gasteiger partial charge in [-0.2, -0.15) is 0 Å². The van der Waals surface area contributed by atoms with E-state index >= 15 is 0 Å². The number of anilines is 2. The molecule has 0 heterocycles. The standard InChI is InChI=1S/C26H31N3O3S/c1-19-6-13-25(16-20(19)2)29(33(5,31)32)18-22-7-11-23(12-8-22)26(30)27-17-21-9-14-24(15-10-21)28(3)4/h6-16H,17-18H2,1-5H3,(H,27,30). The molecule has 174 valence electrons. The van der Waals surface area contributed by atoms with E-state index in [0.29, 0.717) is 17.8 Å². The lowest BCUT2D eigenvalue weighted by Gasteiger charge is -2.23. The molecule has 0 aliphatic carbocycles. The van der Waals surface area contributed by atoms with E-state index in [1.165, 1.54) is 10.6 Å². The first kappa shape index (κ1) is 24.3. The lowest BCUT2D eigenvalue weighted by Crippen LogP contribution is -2.29. The monoisotopic (exact) mass is 465 g/mol. The number of carbonyl (C=O) groups is 1. The Labute approximate surface area is 196 Å². The van der Waals surface area contributed by atoms with E-state index in [-0.39, 0.29) is 12.5 Å². The fourth-order valence-corrected chi connectivity index (χ4v) is 4.28. The van der Waals surface area contributed by atoms with E-state index in [1.54, 1.807) is 24.3 Å². The Morgan fingerprint density at radius 2 is 1.39 bits per heavy atom. The highest BCUT2D eigenvalue weighted by Crippen LogP contribution is 2.23. The van der Waals surface area contributed by atoms with Crippen molar-refractivity contribution in [2.75, 3.05) is 29.6 Å². The van der Waals surface area contributed by atoms with Gasteiger partial charge in [0, 0.05) is 31.9 Å². The molecule has 0 spiro atoms. The van der Waals surface area contributed by atoms with Gasteiger partial charge in [0.05, 0.1) is 18.5 Å². The molecule has 0 saturated carbocycles. The zero-order valence-corrected chi connectivity index (χ0v) is 20.6. The molecule has 3 aromatic carbocycles. The summed E-state index contributed by atoms with van der Waals surface area (Å²) >= 11 is 0. The van der Waals surface area contributed by atoms with Crippen molar-refractivity contribution in [2.24, 2.45) is 0 Å². The fraction of sp³-hybridized carbons (Fsp3) is 0.269. The maximum absolute atomic E-state index is 12.6. The van der Waals surface area contributed by atoms with Crippen molar-refractivity contribution in [3.63, 3.8) is 0 Å². The van der Waals surface area contributed by atoms with Gasteiger partial charge in [0.15, 0.2) is 0 Å². The van der Waals surface area contributed by atoms with Crippen molar-refractivity contribution < 1.29 is 13.2 Å². The van der Waals surface area contributed by atoms with Gasteiger partial charge in [0.2, 0.25) is 10.0 Å². The average molecular weight is 466 g/mol. The van der Waals surface area contributed by atoms with Crippen LogP contribution in [0.25, 0.3) is 0 Å². The van der Waals surface area contributed by atoms with Crippen LogP contribution in [0, 0.1) is 13.8 Å². The van der Waals surface area contributed by atoms with Gasteiger partial charge in [-0.25, -0.2) is 8.42 Å². The second-order valence-electron chi connectivity index (χ2n) is 8.48. The third kappa shape index (κ3) is 6.35. The SMILES string of the molecule is Cc1ccc(N(Cc2ccc(C(=O)NCc3ccc(N(C)C)cc3)cc2)S(C)(=O)=O)cc1C. The zero-order valence-electron chi connectivity index (χ0n) is 19.8. The number of hydrogen-bond donors (Lipinski definition) is 1. The first-order valence-electron chi connectivity index (χ1n) is 10.7. The normalized spacial score (nSPS) is 11.2. The number of rotatable bonds is 8. The summed E-state index contributed by atoms with van der Waals surface area (Å²) in [5.74, 6) is -0.174. The number of nitrogens with zero attached hydrogens (tertiary/aromatic N) is 2. The fourth-order valence-electron chi connectivity index (χ4n) is 3.40. The highest BCUT2D eigenvalue weighted by Gasteiger charge is 2.18. The summed E-state index contributed by atoms with van der Waals surface area (Å²) in [5, 5.41) is 2.93. The third-order valence-electron chi connectivity index (χ3n) is 5.63.